The average Bonchev–Trinajstić information content (AvgIpc) is 2.85. The van der Waals surface area contributed by atoms with Gasteiger partial charge < -0.3 is 5.11 Å². The van der Waals surface area contributed by atoms with Crippen LogP contribution >= 0.6 is 11.8 Å². The number of H-pyrrole nitrogens is 2. The van der Waals surface area contributed by atoms with Crippen molar-refractivity contribution in [1.82, 2.24) is 30.6 Å². The normalized spacial score (nSPS) is 10.4. The summed E-state index contributed by atoms with van der Waals surface area (Å²) in [5.41, 5.74) is 0.532. The molecule has 8 nitrogen and oxygen atoms in total. The molecular formula is C6H6N6O2S. The van der Waals surface area contributed by atoms with Crippen molar-refractivity contribution in [1.29, 1.82) is 0 Å². The van der Waals surface area contributed by atoms with Crippen LogP contribution in [0, 0.1) is 0 Å². The molecule has 0 saturated heterocycles. The van der Waals surface area contributed by atoms with E-state index >= 15 is 0 Å². The zero-order valence-electron chi connectivity index (χ0n) is 7.34. The number of hydrogen-bond acceptors (Lipinski definition) is 6. The summed E-state index contributed by atoms with van der Waals surface area (Å²) in [6, 6.07) is 0. The fraction of sp³-hybridized carbons (Fsp3) is 0.167. The van der Waals surface area contributed by atoms with Gasteiger partial charge in [0.1, 0.15) is 5.69 Å². The fourth-order valence-electron chi connectivity index (χ4n) is 0.868. The highest BCUT2D eigenvalue weighted by Crippen LogP contribution is 2.16. The second-order valence-electron chi connectivity index (χ2n) is 2.50. The summed E-state index contributed by atoms with van der Waals surface area (Å²) >= 11 is 1.04. The van der Waals surface area contributed by atoms with Crippen molar-refractivity contribution in [2.24, 2.45) is 0 Å². The minimum absolute atomic E-state index is 0.0733. The number of aromatic nitrogens is 6. The minimum atomic E-state index is -0.909. The Balaban J connectivity index is 2.08. The predicted molar refractivity (Wildman–Crippen MR) is 50.1 cm³/mol. The number of aliphatic carboxylic acids is 1. The number of carboxylic acids is 1. The topological polar surface area (TPSA) is 120 Å². The summed E-state index contributed by atoms with van der Waals surface area (Å²) in [6.07, 6.45) is 1.49. The van der Waals surface area contributed by atoms with E-state index in [0.717, 1.165) is 11.8 Å². The summed E-state index contributed by atoms with van der Waals surface area (Å²) in [7, 11) is 0. The Morgan fingerprint density at radius 1 is 1.53 bits per heavy atom. The molecule has 0 bridgehead atoms. The van der Waals surface area contributed by atoms with E-state index in [2.05, 4.69) is 30.6 Å². The molecule has 0 aromatic carbocycles. The zero-order chi connectivity index (χ0) is 10.7. The Kier molecular flexibility index (Phi) is 2.63. The second-order valence-corrected chi connectivity index (χ2v) is 3.45. The van der Waals surface area contributed by atoms with Gasteiger partial charge in [-0.2, -0.15) is 20.4 Å². The van der Waals surface area contributed by atoms with Crippen LogP contribution in [0.1, 0.15) is 0 Å². The molecule has 0 unspecified atom stereocenters. The molecule has 2 rings (SSSR count). The smallest absolute Gasteiger partial charge is 0.313 e. The standard InChI is InChI=1S/C6H6N6O2S/c13-4(14)2-15-6-8-5(10-11-6)3-1-7-12-9-3/h1H,2H2,(H,13,14)(H,7,9,12)(H,8,10,11). The summed E-state index contributed by atoms with van der Waals surface area (Å²) < 4.78 is 0. The van der Waals surface area contributed by atoms with Gasteiger partial charge in [-0.05, 0) is 0 Å². The number of nitrogens with zero attached hydrogens (tertiary/aromatic N) is 4. The second kappa shape index (κ2) is 4.09. The highest BCUT2D eigenvalue weighted by atomic mass is 32.2. The molecule has 9 heteroatoms. The summed E-state index contributed by atoms with van der Waals surface area (Å²) in [4.78, 5) is 14.3. The van der Waals surface area contributed by atoms with Crippen LogP contribution in [-0.2, 0) is 4.79 Å². The lowest BCUT2D eigenvalue weighted by Crippen LogP contribution is -1.97. The number of aromatic amines is 2. The third-order valence-electron chi connectivity index (χ3n) is 1.45. The van der Waals surface area contributed by atoms with Gasteiger partial charge >= 0.3 is 5.97 Å². The van der Waals surface area contributed by atoms with Crippen molar-refractivity contribution < 1.29 is 9.90 Å². The maximum atomic E-state index is 10.3. The molecule has 0 amide bonds. The lowest BCUT2D eigenvalue weighted by atomic mass is 10.5. The molecule has 0 saturated carbocycles. The molecule has 0 aliphatic carbocycles. The van der Waals surface area contributed by atoms with Crippen LogP contribution in [0.4, 0.5) is 0 Å². The van der Waals surface area contributed by atoms with Crippen molar-refractivity contribution in [2.75, 3.05) is 5.75 Å². The van der Waals surface area contributed by atoms with Gasteiger partial charge in [-0.1, -0.05) is 11.8 Å². The van der Waals surface area contributed by atoms with Gasteiger partial charge in [0.25, 0.3) is 0 Å². The molecule has 0 spiro atoms. The summed E-state index contributed by atoms with van der Waals surface area (Å²) in [5, 5.41) is 25.1. The fourth-order valence-corrected chi connectivity index (χ4v) is 1.39. The Morgan fingerprint density at radius 2 is 2.40 bits per heavy atom. The van der Waals surface area contributed by atoms with Crippen molar-refractivity contribution in [3.05, 3.63) is 6.20 Å². The predicted octanol–water partition coefficient (Wildman–Crippen LogP) is -0.234. The molecule has 2 aromatic rings. The van der Waals surface area contributed by atoms with E-state index in [1.54, 1.807) is 0 Å². The van der Waals surface area contributed by atoms with Gasteiger partial charge in [0.05, 0.1) is 11.9 Å². The highest BCUT2D eigenvalue weighted by Gasteiger charge is 2.09. The van der Waals surface area contributed by atoms with Crippen LogP contribution in [0.5, 0.6) is 0 Å². The van der Waals surface area contributed by atoms with Gasteiger partial charge in [0.15, 0.2) is 5.82 Å². The molecule has 3 N–H and O–H groups in total. The number of rotatable bonds is 4. The molecule has 2 aromatic heterocycles. The molecule has 2 heterocycles. The largest absolute Gasteiger partial charge is 0.481 e. The number of nitrogens with one attached hydrogen (secondary N) is 2. The van der Waals surface area contributed by atoms with E-state index in [9.17, 15) is 4.79 Å². The molecule has 0 atom stereocenters. The molecule has 0 aliphatic heterocycles. The number of carbonyl (C=O) groups is 1. The van der Waals surface area contributed by atoms with Gasteiger partial charge in [-0.25, -0.2) is 0 Å². The van der Waals surface area contributed by atoms with Gasteiger partial charge in [-0.3, -0.25) is 9.89 Å². The zero-order valence-corrected chi connectivity index (χ0v) is 8.15. The van der Waals surface area contributed by atoms with Crippen LogP contribution < -0.4 is 0 Å². The third-order valence-corrected chi connectivity index (χ3v) is 2.28. The van der Waals surface area contributed by atoms with Crippen molar-refractivity contribution in [2.45, 2.75) is 5.16 Å². The summed E-state index contributed by atoms with van der Waals surface area (Å²) in [5.74, 6) is -0.528. The Morgan fingerprint density at radius 3 is 3.07 bits per heavy atom. The van der Waals surface area contributed by atoms with Crippen LogP contribution in [-0.4, -0.2) is 47.4 Å². The highest BCUT2D eigenvalue weighted by molar-refractivity contribution is 7.99. The molecule has 0 radical (unpaired) electrons. The lowest BCUT2D eigenvalue weighted by molar-refractivity contribution is -0.133. The molecule has 78 valence electrons. The van der Waals surface area contributed by atoms with Gasteiger partial charge in [0.2, 0.25) is 5.16 Å². The number of hydrogen-bond donors (Lipinski definition) is 3. The number of carboxylic acid groups (broad SMARTS) is 1. The number of thioether (sulfide) groups is 1. The Hall–Kier alpha value is -1.90. The molecular weight excluding hydrogens is 220 g/mol. The monoisotopic (exact) mass is 226 g/mol. The van der Waals surface area contributed by atoms with E-state index in [-0.39, 0.29) is 5.75 Å². The minimum Gasteiger partial charge on any atom is -0.481 e. The van der Waals surface area contributed by atoms with Crippen molar-refractivity contribution >= 4 is 17.7 Å². The first kappa shape index (κ1) is 9.65. The molecule has 0 fully saturated rings. The van der Waals surface area contributed by atoms with Crippen LogP contribution in [0.2, 0.25) is 0 Å². The Labute approximate surface area is 87.5 Å². The van der Waals surface area contributed by atoms with Gasteiger partial charge in [-0.15, -0.1) is 5.10 Å². The van der Waals surface area contributed by atoms with E-state index < -0.39 is 5.97 Å². The maximum absolute atomic E-state index is 10.3. The first-order valence-corrected chi connectivity index (χ1v) is 4.87. The SMILES string of the molecule is O=C(O)CSc1n[nH]c(-c2cn[nH]n2)n1. The first-order valence-electron chi connectivity index (χ1n) is 3.89. The van der Waals surface area contributed by atoms with E-state index in [0.29, 0.717) is 16.7 Å². The van der Waals surface area contributed by atoms with E-state index in [4.69, 9.17) is 5.11 Å². The van der Waals surface area contributed by atoms with E-state index in [1.807, 2.05) is 0 Å². The van der Waals surface area contributed by atoms with Crippen molar-refractivity contribution in [3.8, 4) is 11.5 Å². The van der Waals surface area contributed by atoms with Crippen LogP contribution in [0.15, 0.2) is 11.4 Å². The maximum Gasteiger partial charge on any atom is 0.313 e. The van der Waals surface area contributed by atoms with Crippen molar-refractivity contribution in [3.63, 3.8) is 0 Å². The lowest BCUT2D eigenvalue weighted by Gasteiger charge is -1.87. The quantitative estimate of drug-likeness (QED) is 0.615. The first-order chi connectivity index (χ1) is 7.25. The Bertz CT molecular complexity index is 452. The van der Waals surface area contributed by atoms with Crippen LogP contribution in [0.3, 0.4) is 0 Å². The van der Waals surface area contributed by atoms with E-state index in [1.165, 1.54) is 6.20 Å². The molecule has 15 heavy (non-hydrogen) atoms. The third kappa shape index (κ3) is 2.31. The van der Waals surface area contributed by atoms with Crippen LogP contribution in [0.25, 0.3) is 11.5 Å². The molecule has 0 aliphatic rings. The summed E-state index contributed by atoms with van der Waals surface area (Å²) in [6.45, 7) is 0. The van der Waals surface area contributed by atoms with Gasteiger partial charge in [0, 0.05) is 0 Å². The average molecular weight is 226 g/mol.